The number of hydrogen-bond acceptors (Lipinski definition) is 3. The van der Waals surface area contributed by atoms with Gasteiger partial charge in [0.1, 0.15) is 5.82 Å². The molecule has 0 atom stereocenters. The molecule has 150 valence electrons. The van der Waals surface area contributed by atoms with Gasteiger partial charge in [-0.25, -0.2) is 14.1 Å². The van der Waals surface area contributed by atoms with E-state index in [1.54, 1.807) is 16.8 Å². The van der Waals surface area contributed by atoms with Crippen molar-refractivity contribution >= 4 is 11.6 Å². The number of para-hydroxylation sites is 1. The lowest BCUT2D eigenvalue weighted by Crippen LogP contribution is -2.16. The number of amides is 1. The molecule has 1 N–H and O–H groups in total. The first kappa shape index (κ1) is 19.5. The maximum atomic E-state index is 13.4. The number of rotatable bonds is 4. The van der Waals surface area contributed by atoms with Crippen molar-refractivity contribution in [2.45, 2.75) is 20.8 Å². The fourth-order valence-corrected chi connectivity index (χ4v) is 3.24. The first-order valence-electron chi connectivity index (χ1n) is 9.60. The van der Waals surface area contributed by atoms with Crippen molar-refractivity contribution in [2.24, 2.45) is 0 Å². The van der Waals surface area contributed by atoms with E-state index < -0.39 is 5.91 Å². The predicted molar refractivity (Wildman–Crippen MR) is 115 cm³/mol. The topological polar surface area (TPSA) is 59.8 Å². The van der Waals surface area contributed by atoms with Gasteiger partial charge in [0.15, 0.2) is 5.82 Å². The minimum absolute atomic E-state index is 0.0394. The van der Waals surface area contributed by atoms with Gasteiger partial charge >= 0.3 is 0 Å². The third kappa shape index (κ3) is 3.85. The van der Waals surface area contributed by atoms with E-state index in [1.807, 2.05) is 63.2 Å². The van der Waals surface area contributed by atoms with E-state index in [-0.39, 0.29) is 11.6 Å². The second-order valence-electron chi connectivity index (χ2n) is 7.23. The SMILES string of the molecule is Cc1ccc(-n2nc(C(=O)Nc3c(C)cccc3C)nc2-c2ccc(F)cc2)cc1. The number of nitrogens with zero attached hydrogens (tertiary/aromatic N) is 3. The van der Waals surface area contributed by atoms with Crippen LogP contribution in [-0.2, 0) is 0 Å². The Morgan fingerprint density at radius 1 is 0.900 bits per heavy atom. The highest BCUT2D eigenvalue weighted by Crippen LogP contribution is 2.24. The first-order chi connectivity index (χ1) is 14.4. The van der Waals surface area contributed by atoms with Gasteiger partial charge in [-0.3, -0.25) is 4.79 Å². The Kier molecular flexibility index (Phi) is 5.14. The number of halogens is 1. The summed E-state index contributed by atoms with van der Waals surface area (Å²) >= 11 is 0. The molecule has 0 radical (unpaired) electrons. The van der Waals surface area contributed by atoms with Crippen molar-refractivity contribution in [3.63, 3.8) is 0 Å². The summed E-state index contributed by atoms with van der Waals surface area (Å²) in [7, 11) is 0. The summed E-state index contributed by atoms with van der Waals surface area (Å²) in [6.07, 6.45) is 0. The number of aryl methyl sites for hydroxylation is 3. The number of benzene rings is 3. The number of anilines is 1. The van der Waals surface area contributed by atoms with Gasteiger partial charge in [0.25, 0.3) is 5.91 Å². The number of aromatic nitrogens is 3. The van der Waals surface area contributed by atoms with E-state index in [2.05, 4.69) is 15.4 Å². The van der Waals surface area contributed by atoms with E-state index in [0.29, 0.717) is 11.4 Å². The average molecular weight is 400 g/mol. The highest BCUT2D eigenvalue weighted by atomic mass is 19.1. The molecule has 3 aromatic carbocycles. The molecule has 0 fully saturated rings. The molecule has 1 heterocycles. The Morgan fingerprint density at radius 2 is 1.53 bits per heavy atom. The summed E-state index contributed by atoms with van der Waals surface area (Å²) in [5.41, 5.74) is 5.20. The molecule has 0 saturated carbocycles. The van der Waals surface area contributed by atoms with Crippen molar-refractivity contribution in [3.05, 3.63) is 95.1 Å². The molecular weight excluding hydrogens is 379 g/mol. The molecule has 5 nitrogen and oxygen atoms in total. The van der Waals surface area contributed by atoms with E-state index >= 15 is 0 Å². The number of carbonyl (C=O) groups excluding carboxylic acids is 1. The highest BCUT2D eigenvalue weighted by Gasteiger charge is 2.20. The number of nitrogens with one attached hydrogen (secondary N) is 1. The zero-order valence-corrected chi connectivity index (χ0v) is 17.0. The predicted octanol–water partition coefficient (Wildman–Crippen LogP) is 5.25. The molecule has 0 spiro atoms. The van der Waals surface area contributed by atoms with Crippen LogP contribution in [0.2, 0.25) is 0 Å². The van der Waals surface area contributed by atoms with Crippen molar-refractivity contribution in [2.75, 3.05) is 5.32 Å². The van der Waals surface area contributed by atoms with E-state index in [4.69, 9.17) is 0 Å². The molecule has 6 heteroatoms. The quantitative estimate of drug-likeness (QED) is 0.509. The van der Waals surface area contributed by atoms with Gasteiger partial charge in [-0.2, -0.15) is 0 Å². The second-order valence-corrected chi connectivity index (χ2v) is 7.23. The van der Waals surface area contributed by atoms with Gasteiger partial charge in [0.05, 0.1) is 5.69 Å². The van der Waals surface area contributed by atoms with Crippen molar-refractivity contribution < 1.29 is 9.18 Å². The van der Waals surface area contributed by atoms with Crippen LogP contribution in [0.25, 0.3) is 17.1 Å². The number of hydrogen-bond donors (Lipinski definition) is 1. The normalized spacial score (nSPS) is 10.8. The Morgan fingerprint density at radius 3 is 2.17 bits per heavy atom. The van der Waals surface area contributed by atoms with Crippen LogP contribution in [-0.4, -0.2) is 20.7 Å². The summed E-state index contributed by atoms with van der Waals surface area (Å²) in [5.74, 6) is -0.238. The molecule has 0 unspecified atom stereocenters. The molecule has 0 aliphatic rings. The molecule has 1 aromatic heterocycles. The van der Waals surface area contributed by atoms with E-state index in [1.165, 1.54) is 12.1 Å². The Hall–Kier alpha value is -3.80. The standard InChI is InChI=1S/C24H21FN4O/c1-15-7-13-20(14-8-15)29-23(18-9-11-19(25)12-10-18)27-22(28-29)24(30)26-21-16(2)5-4-6-17(21)3/h4-14H,1-3H3,(H,26,30). The van der Waals surface area contributed by atoms with Gasteiger partial charge in [-0.1, -0.05) is 35.9 Å². The minimum atomic E-state index is -0.401. The lowest BCUT2D eigenvalue weighted by atomic mass is 10.1. The average Bonchev–Trinajstić information content (AvgIpc) is 3.17. The lowest BCUT2D eigenvalue weighted by Gasteiger charge is -2.09. The molecule has 0 saturated heterocycles. The summed E-state index contributed by atoms with van der Waals surface area (Å²) in [4.78, 5) is 17.4. The fraction of sp³-hybridized carbons (Fsp3) is 0.125. The zero-order chi connectivity index (χ0) is 21.3. The molecule has 0 aliphatic carbocycles. The van der Waals surface area contributed by atoms with Crippen LogP contribution >= 0.6 is 0 Å². The molecule has 0 aliphatic heterocycles. The molecule has 30 heavy (non-hydrogen) atoms. The van der Waals surface area contributed by atoms with Gasteiger partial charge in [0.2, 0.25) is 5.82 Å². The second kappa shape index (κ2) is 7.91. The summed E-state index contributed by atoms with van der Waals surface area (Å²) < 4.78 is 15.0. The van der Waals surface area contributed by atoms with Gasteiger partial charge in [-0.15, -0.1) is 5.10 Å². The van der Waals surface area contributed by atoms with Crippen LogP contribution in [0.1, 0.15) is 27.3 Å². The molecule has 4 rings (SSSR count). The summed E-state index contributed by atoms with van der Waals surface area (Å²) in [5, 5.41) is 7.38. The Labute approximate surface area is 174 Å². The lowest BCUT2D eigenvalue weighted by molar-refractivity contribution is 0.101. The third-order valence-corrected chi connectivity index (χ3v) is 4.91. The summed E-state index contributed by atoms with van der Waals surface area (Å²) in [6, 6.07) is 19.5. The Bertz CT molecular complexity index is 1130. The molecule has 1 amide bonds. The highest BCUT2D eigenvalue weighted by molar-refractivity contribution is 6.02. The zero-order valence-electron chi connectivity index (χ0n) is 17.0. The Balaban J connectivity index is 1.77. The molecule has 4 aromatic rings. The van der Waals surface area contributed by atoms with Crippen LogP contribution in [0.15, 0.2) is 66.7 Å². The number of carbonyl (C=O) groups is 1. The maximum absolute atomic E-state index is 13.4. The van der Waals surface area contributed by atoms with Crippen molar-refractivity contribution in [1.82, 2.24) is 14.8 Å². The largest absolute Gasteiger partial charge is 0.319 e. The van der Waals surface area contributed by atoms with Gasteiger partial charge in [0, 0.05) is 11.3 Å². The first-order valence-corrected chi connectivity index (χ1v) is 9.60. The maximum Gasteiger partial charge on any atom is 0.295 e. The van der Waals surface area contributed by atoms with Gasteiger partial charge in [-0.05, 0) is 68.3 Å². The van der Waals surface area contributed by atoms with Crippen LogP contribution < -0.4 is 5.32 Å². The smallest absolute Gasteiger partial charge is 0.295 e. The van der Waals surface area contributed by atoms with Crippen molar-refractivity contribution in [3.8, 4) is 17.1 Å². The van der Waals surface area contributed by atoms with Crippen molar-refractivity contribution in [1.29, 1.82) is 0 Å². The van der Waals surface area contributed by atoms with Crippen LogP contribution in [0.3, 0.4) is 0 Å². The van der Waals surface area contributed by atoms with Crippen LogP contribution in [0, 0.1) is 26.6 Å². The monoisotopic (exact) mass is 400 g/mol. The third-order valence-electron chi connectivity index (χ3n) is 4.91. The minimum Gasteiger partial charge on any atom is -0.319 e. The summed E-state index contributed by atoms with van der Waals surface area (Å²) in [6.45, 7) is 5.87. The molecule has 0 bridgehead atoms. The van der Waals surface area contributed by atoms with Crippen LogP contribution in [0.5, 0.6) is 0 Å². The van der Waals surface area contributed by atoms with Crippen LogP contribution in [0.4, 0.5) is 10.1 Å². The van der Waals surface area contributed by atoms with E-state index in [9.17, 15) is 9.18 Å². The van der Waals surface area contributed by atoms with E-state index in [0.717, 1.165) is 28.1 Å². The fourth-order valence-electron chi connectivity index (χ4n) is 3.24. The molecular formula is C24H21FN4O. The van der Waals surface area contributed by atoms with Gasteiger partial charge < -0.3 is 5.32 Å².